The molecule has 0 bridgehead atoms. The highest BCUT2D eigenvalue weighted by molar-refractivity contribution is 4.99. The standard InChI is InChI=1S/C14H25N3/c1-3-5-11-6-7-12(15)13(10-11)17-9-8-16-14(17)4-2/h8-9,11-13H,3-7,10,15H2,1-2H3. The third kappa shape index (κ3) is 2.71. The lowest BCUT2D eigenvalue weighted by Gasteiger charge is -2.35. The second-order valence-electron chi connectivity index (χ2n) is 5.30. The molecule has 1 heterocycles. The van der Waals surface area contributed by atoms with Gasteiger partial charge in [-0.3, -0.25) is 0 Å². The SMILES string of the molecule is CCCC1CCC(N)C(n2ccnc2CC)C1. The predicted molar refractivity (Wildman–Crippen MR) is 70.9 cm³/mol. The summed E-state index contributed by atoms with van der Waals surface area (Å²) in [7, 11) is 0. The van der Waals surface area contributed by atoms with Gasteiger partial charge < -0.3 is 10.3 Å². The van der Waals surface area contributed by atoms with Crippen molar-refractivity contribution in [1.82, 2.24) is 9.55 Å². The molecule has 0 amide bonds. The van der Waals surface area contributed by atoms with Crippen LogP contribution in [0.1, 0.15) is 57.8 Å². The summed E-state index contributed by atoms with van der Waals surface area (Å²) in [6.45, 7) is 4.44. The van der Waals surface area contributed by atoms with Crippen LogP contribution in [-0.2, 0) is 6.42 Å². The summed E-state index contributed by atoms with van der Waals surface area (Å²) in [6.07, 6.45) is 11.4. The van der Waals surface area contributed by atoms with E-state index in [1.54, 1.807) is 0 Å². The van der Waals surface area contributed by atoms with Gasteiger partial charge in [-0.25, -0.2) is 4.98 Å². The molecule has 3 unspecified atom stereocenters. The van der Waals surface area contributed by atoms with Crippen molar-refractivity contribution in [2.75, 3.05) is 0 Å². The smallest absolute Gasteiger partial charge is 0.108 e. The number of rotatable bonds is 4. The number of nitrogens with two attached hydrogens (primary N) is 1. The van der Waals surface area contributed by atoms with E-state index >= 15 is 0 Å². The highest BCUT2D eigenvalue weighted by Gasteiger charge is 2.29. The molecule has 17 heavy (non-hydrogen) atoms. The molecule has 3 atom stereocenters. The van der Waals surface area contributed by atoms with Gasteiger partial charge in [0.15, 0.2) is 0 Å². The molecular formula is C14H25N3. The van der Waals surface area contributed by atoms with Crippen LogP contribution < -0.4 is 5.73 Å². The lowest BCUT2D eigenvalue weighted by atomic mass is 9.80. The van der Waals surface area contributed by atoms with Gasteiger partial charge in [-0.15, -0.1) is 0 Å². The number of aryl methyl sites for hydroxylation is 1. The Bertz CT molecular complexity index is 345. The molecule has 1 aromatic rings. The fraction of sp³-hybridized carbons (Fsp3) is 0.786. The average molecular weight is 235 g/mol. The molecule has 0 aromatic carbocycles. The van der Waals surface area contributed by atoms with Crippen molar-refractivity contribution in [3.05, 3.63) is 18.2 Å². The predicted octanol–water partition coefficient (Wildman–Crippen LogP) is 2.91. The second kappa shape index (κ2) is 5.67. The summed E-state index contributed by atoms with van der Waals surface area (Å²) in [5.41, 5.74) is 6.30. The minimum Gasteiger partial charge on any atom is -0.330 e. The Labute approximate surface area is 104 Å². The van der Waals surface area contributed by atoms with Gasteiger partial charge in [0.1, 0.15) is 5.82 Å². The van der Waals surface area contributed by atoms with E-state index in [-0.39, 0.29) is 0 Å². The fourth-order valence-corrected chi connectivity index (χ4v) is 3.16. The topological polar surface area (TPSA) is 43.8 Å². The summed E-state index contributed by atoms with van der Waals surface area (Å²) in [4.78, 5) is 4.42. The molecular weight excluding hydrogens is 210 g/mol. The molecule has 96 valence electrons. The van der Waals surface area contributed by atoms with Gasteiger partial charge in [0.2, 0.25) is 0 Å². The average Bonchev–Trinajstić information content (AvgIpc) is 2.80. The van der Waals surface area contributed by atoms with Crippen LogP contribution in [-0.4, -0.2) is 15.6 Å². The van der Waals surface area contributed by atoms with Crippen LogP contribution in [0.4, 0.5) is 0 Å². The Morgan fingerprint density at radius 3 is 2.94 bits per heavy atom. The maximum absolute atomic E-state index is 6.30. The monoisotopic (exact) mass is 235 g/mol. The first-order valence-corrected chi connectivity index (χ1v) is 7.03. The summed E-state index contributed by atoms with van der Waals surface area (Å²) in [6, 6.07) is 0.778. The van der Waals surface area contributed by atoms with Crippen molar-refractivity contribution in [3.8, 4) is 0 Å². The van der Waals surface area contributed by atoms with Crippen LogP contribution in [0.5, 0.6) is 0 Å². The molecule has 1 aliphatic rings. The first-order valence-electron chi connectivity index (χ1n) is 7.03. The molecule has 0 saturated heterocycles. The summed E-state index contributed by atoms with van der Waals surface area (Å²) in [5, 5.41) is 0. The summed E-state index contributed by atoms with van der Waals surface area (Å²) >= 11 is 0. The fourth-order valence-electron chi connectivity index (χ4n) is 3.16. The first kappa shape index (κ1) is 12.6. The minimum absolute atomic E-state index is 0.308. The zero-order chi connectivity index (χ0) is 12.3. The lowest BCUT2D eigenvalue weighted by molar-refractivity contribution is 0.221. The Balaban J connectivity index is 2.12. The van der Waals surface area contributed by atoms with Crippen LogP contribution in [0.2, 0.25) is 0 Å². The maximum atomic E-state index is 6.30. The Morgan fingerprint density at radius 1 is 1.41 bits per heavy atom. The largest absolute Gasteiger partial charge is 0.330 e. The quantitative estimate of drug-likeness (QED) is 0.872. The van der Waals surface area contributed by atoms with E-state index in [9.17, 15) is 0 Å². The van der Waals surface area contributed by atoms with Crippen molar-refractivity contribution < 1.29 is 0 Å². The van der Waals surface area contributed by atoms with Crippen molar-refractivity contribution in [3.63, 3.8) is 0 Å². The van der Waals surface area contributed by atoms with E-state index in [4.69, 9.17) is 5.73 Å². The molecule has 0 spiro atoms. The summed E-state index contributed by atoms with van der Waals surface area (Å²) < 4.78 is 2.33. The number of nitrogens with zero attached hydrogens (tertiary/aromatic N) is 2. The van der Waals surface area contributed by atoms with E-state index in [1.165, 1.54) is 31.5 Å². The second-order valence-corrected chi connectivity index (χ2v) is 5.30. The van der Waals surface area contributed by atoms with Crippen LogP contribution in [0.3, 0.4) is 0 Å². The van der Waals surface area contributed by atoms with E-state index < -0.39 is 0 Å². The van der Waals surface area contributed by atoms with Crippen LogP contribution in [0, 0.1) is 5.92 Å². The molecule has 1 fully saturated rings. The van der Waals surface area contributed by atoms with Gasteiger partial charge in [0.25, 0.3) is 0 Å². The van der Waals surface area contributed by atoms with Gasteiger partial charge in [0.05, 0.1) is 6.04 Å². The van der Waals surface area contributed by atoms with E-state index in [1.807, 2.05) is 6.20 Å². The van der Waals surface area contributed by atoms with Crippen molar-refractivity contribution >= 4 is 0 Å². The van der Waals surface area contributed by atoms with Crippen molar-refractivity contribution in [1.29, 1.82) is 0 Å². The molecule has 3 nitrogen and oxygen atoms in total. The molecule has 3 heteroatoms. The normalized spacial score (nSPS) is 29.5. The third-order valence-electron chi connectivity index (χ3n) is 4.10. The Morgan fingerprint density at radius 2 is 2.24 bits per heavy atom. The molecule has 0 radical (unpaired) electrons. The molecule has 1 aliphatic carbocycles. The van der Waals surface area contributed by atoms with Crippen LogP contribution in [0.25, 0.3) is 0 Å². The van der Waals surface area contributed by atoms with Gasteiger partial charge in [-0.1, -0.05) is 26.7 Å². The van der Waals surface area contributed by atoms with Crippen LogP contribution in [0.15, 0.2) is 12.4 Å². The van der Waals surface area contributed by atoms with E-state index in [0.717, 1.165) is 18.8 Å². The molecule has 0 aliphatic heterocycles. The zero-order valence-electron chi connectivity index (χ0n) is 11.1. The highest BCUT2D eigenvalue weighted by Crippen LogP contribution is 2.34. The molecule has 1 saturated carbocycles. The van der Waals surface area contributed by atoms with Crippen molar-refractivity contribution in [2.24, 2.45) is 11.7 Å². The van der Waals surface area contributed by atoms with E-state index in [0.29, 0.717) is 12.1 Å². The highest BCUT2D eigenvalue weighted by atomic mass is 15.1. The number of aromatic nitrogens is 2. The molecule has 2 N–H and O–H groups in total. The lowest BCUT2D eigenvalue weighted by Crippen LogP contribution is -2.38. The third-order valence-corrected chi connectivity index (χ3v) is 4.10. The van der Waals surface area contributed by atoms with E-state index in [2.05, 4.69) is 29.6 Å². The van der Waals surface area contributed by atoms with Gasteiger partial charge >= 0.3 is 0 Å². The summed E-state index contributed by atoms with van der Waals surface area (Å²) in [5.74, 6) is 2.04. The molecule has 2 rings (SSSR count). The number of hydrogen-bond donors (Lipinski definition) is 1. The number of imidazole rings is 1. The van der Waals surface area contributed by atoms with Crippen molar-refractivity contribution in [2.45, 2.75) is 64.5 Å². The number of hydrogen-bond acceptors (Lipinski definition) is 2. The maximum Gasteiger partial charge on any atom is 0.108 e. The Hall–Kier alpha value is -0.830. The Kier molecular flexibility index (Phi) is 4.21. The van der Waals surface area contributed by atoms with Gasteiger partial charge in [0, 0.05) is 24.9 Å². The minimum atomic E-state index is 0.308. The zero-order valence-corrected chi connectivity index (χ0v) is 11.1. The van der Waals surface area contributed by atoms with Gasteiger partial charge in [-0.2, -0.15) is 0 Å². The first-order chi connectivity index (χ1) is 8.26. The van der Waals surface area contributed by atoms with Crippen LogP contribution >= 0.6 is 0 Å². The van der Waals surface area contributed by atoms with Gasteiger partial charge in [-0.05, 0) is 25.2 Å². The molecule has 1 aromatic heterocycles.